The summed E-state index contributed by atoms with van der Waals surface area (Å²) in [6.45, 7) is -0.388. The number of sulfonamides is 1. The molecule has 1 N–H and O–H groups in total. The van der Waals surface area contributed by atoms with Crippen LogP contribution in [0.5, 0.6) is 11.5 Å². The fraction of sp³-hybridized carbons (Fsp3) is 0.190. The molecule has 0 aliphatic rings. The van der Waals surface area contributed by atoms with Crippen molar-refractivity contribution in [1.82, 2.24) is 9.71 Å². The van der Waals surface area contributed by atoms with Crippen LogP contribution < -0.4 is 14.2 Å². The maximum atomic E-state index is 13.3. The quantitative estimate of drug-likeness (QED) is 0.520. The van der Waals surface area contributed by atoms with Crippen LogP contribution in [0.3, 0.4) is 0 Å². The highest BCUT2D eigenvalue weighted by Crippen LogP contribution is 2.31. The van der Waals surface area contributed by atoms with E-state index in [1.165, 1.54) is 56.9 Å². The number of benzene rings is 2. The van der Waals surface area contributed by atoms with E-state index in [2.05, 4.69) is 9.71 Å². The molecule has 1 heterocycles. The number of hydrogen-bond acceptors (Lipinski definition) is 7. The first kappa shape index (κ1) is 22.7. The monoisotopic (exact) mass is 462 g/mol. The van der Waals surface area contributed by atoms with E-state index in [0.717, 1.165) is 0 Å². The zero-order valence-corrected chi connectivity index (χ0v) is 18.6. The fourth-order valence-electron chi connectivity index (χ4n) is 3.01. The molecule has 0 saturated heterocycles. The zero-order valence-electron chi connectivity index (χ0n) is 16.9. The van der Waals surface area contributed by atoms with Gasteiger partial charge in [0.05, 0.1) is 19.1 Å². The Morgan fingerprint density at radius 3 is 2.29 bits per heavy atom. The van der Waals surface area contributed by atoms with Crippen LogP contribution in [0.1, 0.15) is 10.8 Å². The van der Waals surface area contributed by atoms with Gasteiger partial charge in [0.25, 0.3) is 0 Å². The normalized spacial score (nSPS) is 12.8. The summed E-state index contributed by atoms with van der Waals surface area (Å²) in [4.78, 5) is 3.95. The minimum absolute atomic E-state index is 0.0793. The van der Waals surface area contributed by atoms with Gasteiger partial charge in [0.15, 0.2) is 9.84 Å². The van der Waals surface area contributed by atoms with Crippen molar-refractivity contribution >= 4 is 19.9 Å². The first-order chi connectivity index (χ1) is 14.8. The summed E-state index contributed by atoms with van der Waals surface area (Å²) >= 11 is 0. The van der Waals surface area contributed by atoms with E-state index >= 15 is 0 Å². The number of sulfone groups is 1. The van der Waals surface area contributed by atoms with E-state index in [1.54, 1.807) is 30.3 Å². The van der Waals surface area contributed by atoms with E-state index in [0.29, 0.717) is 11.3 Å². The predicted octanol–water partition coefficient (Wildman–Crippen LogP) is 2.59. The number of methoxy groups -OCH3 is 2. The summed E-state index contributed by atoms with van der Waals surface area (Å²) < 4.78 is 65.2. The van der Waals surface area contributed by atoms with Crippen molar-refractivity contribution in [1.29, 1.82) is 0 Å². The van der Waals surface area contributed by atoms with Crippen LogP contribution >= 0.6 is 0 Å². The molecule has 0 spiro atoms. The Bertz CT molecular complexity index is 1230. The van der Waals surface area contributed by atoms with Gasteiger partial charge in [-0.05, 0) is 35.9 Å². The molecule has 8 nitrogen and oxygen atoms in total. The lowest BCUT2D eigenvalue weighted by atomic mass is 10.2. The largest absolute Gasteiger partial charge is 0.497 e. The molecule has 164 valence electrons. The number of ether oxygens (including phenoxy) is 2. The molecule has 3 aromatic rings. The molecule has 0 fully saturated rings. The van der Waals surface area contributed by atoms with E-state index in [9.17, 15) is 16.8 Å². The number of nitrogens with zero attached hydrogens (tertiary/aromatic N) is 1. The molecule has 0 radical (unpaired) electrons. The number of nitrogens with one attached hydrogen (secondary N) is 1. The Morgan fingerprint density at radius 1 is 0.935 bits per heavy atom. The summed E-state index contributed by atoms with van der Waals surface area (Å²) in [7, 11) is -5.20. The highest BCUT2D eigenvalue weighted by atomic mass is 32.2. The van der Waals surface area contributed by atoms with Crippen LogP contribution in [0.4, 0.5) is 0 Å². The molecule has 0 unspecified atom stereocenters. The first-order valence-corrected chi connectivity index (χ1v) is 12.2. The molecule has 2 aromatic carbocycles. The van der Waals surface area contributed by atoms with Crippen LogP contribution in [0.2, 0.25) is 0 Å². The van der Waals surface area contributed by atoms with E-state index < -0.39 is 25.1 Å². The van der Waals surface area contributed by atoms with Gasteiger partial charge < -0.3 is 9.47 Å². The standard InChI is InChI=1S/C21H22N2O6S2/c1-28-17-10-11-20(19(13-17)29-2)31(26,27)23-15-21(16-7-6-12-22-14-16)30(24,25)18-8-4-3-5-9-18/h3-14,21,23H,15H2,1-2H3/t21-/m1/s1. The third-order valence-electron chi connectivity index (χ3n) is 4.62. The molecule has 31 heavy (non-hydrogen) atoms. The van der Waals surface area contributed by atoms with Crippen molar-refractivity contribution in [2.24, 2.45) is 0 Å². The van der Waals surface area contributed by atoms with Gasteiger partial charge in [0.2, 0.25) is 10.0 Å². The lowest BCUT2D eigenvalue weighted by Gasteiger charge is -2.19. The number of hydrogen-bond donors (Lipinski definition) is 1. The number of pyridine rings is 1. The average Bonchev–Trinajstić information content (AvgIpc) is 2.79. The Morgan fingerprint density at radius 2 is 1.68 bits per heavy atom. The summed E-state index contributed by atoms with van der Waals surface area (Å²) in [6, 6.07) is 15.3. The van der Waals surface area contributed by atoms with E-state index in [4.69, 9.17) is 9.47 Å². The Hall–Kier alpha value is -2.95. The van der Waals surface area contributed by atoms with E-state index in [-0.39, 0.29) is 22.1 Å². The molecular formula is C21H22N2O6S2. The summed E-state index contributed by atoms with van der Waals surface area (Å²) in [5.74, 6) is 0.506. The van der Waals surface area contributed by atoms with Gasteiger partial charge in [0.1, 0.15) is 21.6 Å². The van der Waals surface area contributed by atoms with Crippen molar-refractivity contribution < 1.29 is 26.3 Å². The van der Waals surface area contributed by atoms with Crippen LogP contribution in [0, 0.1) is 0 Å². The van der Waals surface area contributed by atoms with Crippen molar-refractivity contribution in [2.45, 2.75) is 15.0 Å². The summed E-state index contributed by atoms with van der Waals surface area (Å²) in [5, 5.41) is -1.18. The summed E-state index contributed by atoms with van der Waals surface area (Å²) in [5.41, 5.74) is 0.371. The van der Waals surface area contributed by atoms with Crippen molar-refractivity contribution in [3.63, 3.8) is 0 Å². The third-order valence-corrected chi connectivity index (χ3v) is 8.20. The summed E-state index contributed by atoms with van der Waals surface area (Å²) in [6.07, 6.45) is 2.93. The SMILES string of the molecule is COc1ccc(S(=O)(=O)NC[C@H](c2cccnc2)S(=O)(=O)c2ccccc2)c(OC)c1. The van der Waals surface area contributed by atoms with Gasteiger partial charge in [-0.25, -0.2) is 21.6 Å². The lowest BCUT2D eigenvalue weighted by molar-refractivity contribution is 0.386. The molecule has 10 heteroatoms. The fourth-order valence-corrected chi connectivity index (χ4v) is 5.97. The predicted molar refractivity (Wildman–Crippen MR) is 115 cm³/mol. The molecule has 0 amide bonds. The van der Waals surface area contributed by atoms with Crippen LogP contribution in [-0.2, 0) is 19.9 Å². The third kappa shape index (κ3) is 5.04. The molecule has 0 saturated carbocycles. The van der Waals surface area contributed by atoms with Gasteiger partial charge in [-0.3, -0.25) is 4.98 Å². The molecule has 1 aromatic heterocycles. The second kappa shape index (κ2) is 9.46. The average molecular weight is 463 g/mol. The second-order valence-corrected chi connectivity index (χ2v) is 10.4. The van der Waals surface area contributed by atoms with Crippen molar-refractivity contribution in [3.05, 3.63) is 78.6 Å². The maximum absolute atomic E-state index is 13.3. The molecule has 0 bridgehead atoms. The molecule has 0 aliphatic carbocycles. The molecule has 3 rings (SSSR count). The van der Waals surface area contributed by atoms with Crippen LogP contribution in [0.15, 0.2) is 82.8 Å². The van der Waals surface area contributed by atoms with E-state index in [1.807, 2.05) is 0 Å². The van der Waals surface area contributed by atoms with Gasteiger partial charge in [-0.1, -0.05) is 24.3 Å². The minimum atomic E-state index is -4.09. The van der Waals surface area contributed by atoms with Gasteiger partial charge in [-0.2, -0.15) is 0 Å². The smallest absolute Gasteiger partial charge is 0.244 e. The van der Waals surface area contributed by atoms with Crippen molar-refractivity contribution in [2.75, 3.05) is 20.8 Å². The first-order valence-electron chi connectivity index (χ1n) is 9.20. The Balaban J connectivity index is 1.96. The zero-order chi connectivity index (χ0) is 22.5. The molecular weight excluding hydrogens is 440 g/mol. The van der Waals surface area contributed by atoms with Gasteiger partial charge in [-0.15, -0.1) is 0 Å². The highest BCUT2D eigenvalue weighted by Gasteiger charge is 2.31. The second-order valence-electron chi connectivity index (χ2n) is 6.50. The number of aromatic nitrogens is 1. The number of rotatable bonds is 9. The Labute approximate surface area is 181 Å². The molecule has 1 atom stereocenters. The topological polar surface area (TPSA) is 112 Å². The van der Waals surface area contributed by atoms with Gasteiger partial charge in [0, 0.05) is 25.0 Å². The highest BCUT2D eigenvalue weighted by molar-refractivity contribution is 7.92. The maximum Gasteiger partial charge on any atom is 0.244 e. The van der Waals surface area contributed by atoms with Crippen LogP contribution in [-0.4, -0.2) is 42.6 Å². The molecule has 0 aliphatic heterocycles. The Kier molecular flexibility index (Phi) is 6.94. The minimum Gasteiger partial charge on any atom is -0.497 e. The van der Waals surface area contributed by atoms with Crippen LogP contribution in [0.25, 0.3) is 0 Å². The van der Waals surface area contributed by atoms with Crippen molar-refractivity contribution in [3.8, 4) is 11.5 Å². The van der Waals surface area contributed by atoms with Gasteiger partial charge >= 0.3 is 0 Å². The lowest BCUT2D eigenvalue weighted by Crippen LogP contribution is -2.32.